The average Bonchev–Trinajstić information content (AvgIpc) is 3.03. The molecular formula is C28H22Cl2N6O4. The van der Waals surface area contributed by atoms with E-state index in [0.717, 1.165) is 0 Å². The molecule has 2 aromatic carbocycles. The Labute approximate surface area is 239 Å². The fourth-order valence-corrected chi connectivity index (χ4v) is 4.72. The topological polar surface area (TPSA) is 126 Å². The summed E-state index contributed by atoms with van der Waals surface area (Å²) in [6.07, 6.45) is 4.67. The summed E-state index contributed by atoms with van der Waals surface area (Å²) in [5, 5.41) is 5.97. The van der Waals surface area contributed by atoms with Crippen LogP contribution in [0.3, 0.4) is 0 Å². The number of pyridine rings is 1. The Morgan fingerprint density at radius 2 is 1.85 bits per heavy atom. The minimum Gasteiger partial charge on any atom is -0.494 e. The third kappa shape index (κ3) is 5.88. The molecule has 0 unspecified atom stereocenters. The second kappa shape index (κ2) is 11.7. The van der Waals surface area contributed by atoms with Gasteiger partial charge >= 0.3 is 0 Å². The first-order chi connectivity index (χ1) is 19.3. The average molecular weight is 577 g/mol. The molecule has 0 spiro atoms. The first kappa shape index (κ1) is 27.0. The Hall–Kier alpha value is -4.54. The number of nitrogens with one attached hydrogen (secondary N) is 2. The van der Waals surface area contributed by atoms with Crippen LogP contribution in [0.1, 0.15) is 32.0 Å². The number of hydrogen-bond donors (Lipinski definition) is 2. The molecule has 0 radical (unpaired) electrons. The fourth-order valence-electron chi connectivity index (χ4n) is 4.25. The van der Waals surface area contributed by atoms with Gasteiger partial charge in [0.1, 0.15) is 6.04 Å². The lowest BCUT2D eigenvalue weighted by Gasteiger charge is -2.29. The SMILES string of the molecule is COc1cnc(NC(=O)c2ccc(CN3C(=O)c4ccc(Cl)cc4NC(=O)[C@H]3Cc3ccccn3)cc2Cl)nc1. The van der Waals surface area contributed by atoms with Crippen LogP contribution in [0.25, 0.3) is 0 Å². The highest BCUT2D eigenvalue weighted by atomic mass is 35.5. The third-order valence-electron chi connectivity index (χ3n) is 6.26. The Bertz CT molecular complexity index is 1580. The van der Waals surface area contributed by atoms with E-state index in [9.17, 15) is 14.4 Å². The number of amides is 3. The lowest BCUT2D eigenvalue weighted by atomic mass is 10.0. The molecule has 0 bridgehead atoms. The lowest BCUT2D eigenvalue weighted by molar-refractivity contribution is -0.120. The van der Waals surface area contributed by atoms with Gasteiger partial charge in [-0.3, -0.25) is 24.7 Å². The van der Waals surface area contributed by atoms with Gasteiger partial charge in [-0.1, -0.05) is 35.3 Å². The van der Waals surface area contributed by atoms with Gasteiger partial charge in [-0.15, -0.1) is 0 Å². The van der Waals surface area contributed by atoms with Gasteiger partial charge in [0, 0.05) is 29.9 Å². The second-order valence-corrected chi connectivity index (χ2v) is 9.71. The molecule has 40 heavy (non-hydrogen) atoms. The van der Waals surface area contributed by atoms with E-state index in [0.29, 0.717) is 33.3 Å². The Balaban J connectivity index is 1.42. The third-order valence-corrected chi connectivity index (χ3v) is 6.81. The second-order valence-electron chi connectivity index (χ2n) is 8.87. The van der Waals surface area contributed by atoms with Gasteiger partial charge in [-0.05, 0) is 48.0 Å². The maximum Gasteiger partial charge on any atom is 0.259 e. The van der Waals surface area contributed by atoms with Crippen LogP contribution in [-0.4, -0.2) is 50.7 Å². The zero-order valence-corrected chi connectivity index (χ0v) is 22.6. The summed E-state index contributed by atoms with van der Waals surface area (Å²) in [5.74, 6) is -0.708. The molecule has 0 saturated heterocycles. The predicted molar refractivity (Wildman–Crippen MR) is 150 cm³/mol. The highest BCUT2D eigenvalue weighted by Gasteiger charge is 2.36. The van der Waals surface area contributed by atoms with E-state index in [1.165, 1.54) is 24.4 Å². The summed E-state index contributed by atoms with van der Waals surface area (Å²) in [5.41, 5.74) is 2.10. The Morgan fingerprint density at radius 1 is 1.05 bits per heavy atom. The molecule has 10 nitrogen and oxygen atoms in total. The molecule has 2 N–H and O–H groups in total. The van der Waals surface area contributed by atoms with E-state index in [4.69, 9.17) is 27.9 Å². The lowest BCUT2D eigenvalue weighted by Crippen LogP contribution is -2.46. The monoisotopic (exact) mass is 576 g/mol. The Morgan fingerprint density at radius 3 is 2.55 bits per heavy atom. The molecule has 0 saturated carbocycles. The summed E-state index contributed by atoms with van der Waals surface area (Å²) < 4.78 is 5.02. The van der Waals surface area contributed by atoms with Crippen molar-refractivity contribution in [1.82, 2.24) is 19.9 Å². The van der Waals surface area contributed by atoms with Crippen molar-refractivity contribution in [3.05, 3.63) is 106 Å². The van der Waals surface area contributed by atoms with Gasteiger partial charge in [0.25, 0.3) is 11.8 Å². The molecule has 1 atom stereocenters. The summed E-state index contributed by atoms with van der Waals surface area (Å²) in [6, 6.07) is 14.0. The van der Waals surface area contributed by atoms with Crippen molar-refractivity contribution in [3.63, 3.8) is 0 Å². The van der Waals surface area contributed by atoms with Crippen molar-refractivity contribution >= 4 is 52.6 Å². The van der Waals surface area contributed by atoms with Crippen LogP contribution in [0.2, 0.25) is 10.0 Å². The molecule has 5 rings (SSSR count). The van der Waals surface area contributed by atoms with Crippen molar-refractivity contribution in [2.45, 2.75) is 19.0 Å². The van der Waals surface area contributed by atoms with Gasteiger partial charge in [-0.2, -0.15) is 0 Å². The van der Waals surface area contributed by atoms with Gasteiger partial charge in [0.05, 0.1) is 41.3 Å². The van der Waals surface area contributed by atoms with Crippen molar-refractivity contribution in [1.29, 1.82) is 0 Å². The molecule has 4 aromatic rings. The minimum absolute atomic E-state index is 0.0506. The van der Waals surface area contributed by atoms with E-state index < -0.39 is 11.9 Å². The molecule has 12 heteroatoms. The number of carbonyl (C=O) groups is 3. The van der Waals surface area contributed by atoms with Crippen LogP contribution in [0, 0.1) is 0 Å². The first-order valence-corrected chi connectivity index (χ1v) is 12.8. The molecule has 0 fully saturated rings. The smallest absolute Gasteiger partial charge is 0.259 e. The zero-order chi connectivity index (χ0) is 28.2. The van der Waals surface area contributed by atoms with E-state index in [2.05, 4.69) is 25.6 Å². The molecule has 1 aliphatic rings. The highest BCUT2D eigenvalue weighted by Crippen LogP contribution is 2.29. The van der Waals surface area contributed by atoms with Crippen molar-refractivity contribution in [3.8, 4) is 5.75 Å². The van der Waals surface area contributed by atoms with Gasteiger partial charge in [0.15, 0.2) is 5.75 Å². The number of hydrogen-bond acceptors (Lipinski definition) is 7. The van der Waals surface area contributed by atoms with E-state index >= 15 is 0 Å². The zero-order valence-electron chi connectivity index (χ0n) is 21.1. The predicted octanol–water partition coefficient (Wildman–Crippen LogP) is 4.65. The molecular weight excluding hydrogens is 555 g/mol. The molecule has 202 valence electrons. The summed E-state index contributed by atoms with van der Waals surface area (Å²) >= 11 is 12.6. The number of fused-ring (bicyclic) bond motifs is 1. The molecule has 3 heterocycles. The molecule has 3 amide bonds. The summed E-state index contributed by atoms with van der Waals surface area (Å²) in [4.78, 5) is 53.8. The van der Waals surface area contributed by atoms with Crippen LogP contribution in [-0.2, 0) is 17.8 Å². The van der Waals surface area contributed by atoms with E-state index in [-0.39, 0.29) is 41.3 Å². The van der Waals surface area contributed by atoms with Crippen molar-refractivity contribution in [2.75, 3.05) is 17.7 Å². The number of nitrogens with zero attached hydrogens (tertiary/aromatic N) is 4. The van der Waals surface area contributed by atoms with Gasteiger partial charge in [-0.25, -0.2) is 9.97 Å². The van der Waals surface area contributed by atoms with Crippen molar-refractivity contribution in [2.24, 2.45) is 0 Å². The molecule has 0 aliphatic carbocycles. The maximum absolute atomic E-state index is 13.8. The number of ether oxygens (including phenoxy) is 1. The first-order valence-electron chi connectivity index (χ1n) is 12.1. The van der Waals surface area contributed by atoms with Crippen molar-refractivity contribution < 1.29 is 19.1 Å². The highest BCUT2D eigenvalue weighted by molar-refractivity contribution is 6.34. The van der Waals surface area contributed by atoms with Crippen LogP contribution in [0.4, 0.5) is 11.6 Å². The number of halogens is 2. The van der Waals surface area contributed by atoms with Crippen LogP contribution in [0.15, 0.2) is 73.2 Å². The number of anilines is 2. The minimum atomic E-state index is -0.873. The number of rotatable bonds is 7. The fraction of sp³-hybridized carbons (Fsp3) is 0.143. The van der Waals surface area contributed by atoms with Gasteiger partial charge in [0.2, 0.25) is 11.9 Å². The Kier molecular flexibility index (Phi) is 7.90. The quantitative estimate of drug-likeness (QED) is 0.328. The summed E-state index contributed by atoms with van der Waals surface area (Å²) in [6.45, 7) is 0.0506. The standard InChI is InChI=1S/C28H22Cl2N6O4/c1-40-19-13-32-28(33-14-19)35-25(37)20-7-5-16(10-22(20)30)15-36-24(12-18-4-2-3-9-31-18)26(38)34-23-11-17(29)6-8-21(23)27(36)39/h2-11,13-14,24H,12,15H2,1H3,(H,34,38)(H,32,33,35,37)/t24-/m1/s1. The number of aromatic nitrogens is 3. The van der Waals surface area contributed by atoms with Gasteiger partial charge < -0.3 is 15.0 Å². The van der Waals surface area contributed by atoms with E-state index in [1.54, 1.807) is 54.7 Å². The molecule has 1 aliphatic heterocycles. The molecule has 2 aromatic heterocycles. The number of carbonyl (C=O) groups excluding carboxylic acids is 3. The van der Waals surface area contributed by atoms with Crippen LogP contribution < -0.4 is 15.4 Å². The van der Waals surface area contributed by atoms with Crippen LogP contribution in [0.5, 0.6) is 5.75 Å². The normalized spacial score (nSPS) is 14.7. The summed E-state index contributed by atoms with van der Waals surface area (Å²) in [7, 11) is 1.49. The largest absolute Gasteiger partial charge is 0.494 e. The van der Waals surface area contributed by atoms with E-state index in [1.807, 2.05) is 6.07 Å². The maximum atomic E-state index is 13.8. The number of benzene rings is 2. The number of methoxy groups -OCH3 is 1. The van der Waals surface area contributed by atoms with Crippen LogP contribution >= 0.6 is 23.2 Å².